The molecule has 1 saturated carbocycles. The highest BCUT2D eigenvalue weighted by atomic mass is 16.3. The normalized spacial score (nSPS) is 16.0. The highest BCUT2D eigenvalue weighted by molar-refractivity contribution is 5.93. The zero-order valence-electron chi connectivity index (χ0n) is 12.3. The van der Waals surface area contributed by atoms with Gasteiger partial charge in [0.25, 0.3) is 5.91 Å². The lowest BCUT2D eigenvalue weighted by molar-refractivity contribution is 0.0642. The molecule has 0 atom stereocenters. The lowest BCUT2D eigenvalue weighted by Crippen LogP contribution is -2.41. The van der Waals surface area contributed by atoms with Gasteiger partial charge in [0.15, 0.2) is 11.5 Å². The van der Waals surface area contributed by atoms with Crippen LogP contribution < -0.4 is 0 Å². The predicted octanol–water partition coefficient (Wildman–Crippen LogP) is 3.46. The molecule has 3 rings (SSSR count). The first kappa shape index (κ1) is 13.9. The second-order valence-electron chi connectivity index (χ2n) is 5.53. The lowest BCUT2D eigenvalue weighted by Gasteiger charge is -2.33. The number of amides is 1. The highest BCUT2D eigenvalue weighted by Gasteiger charge is 2.26. The van der Waals surface area contributed by atoms with Crippen molar-refractivity contribution in [3.05, 3.63) is 30.2 Å². The van der Waals surface area contributed by atoms with Crippen LogP contribution in [0.3, 0.4) is 0 Å². The number of aromatic nitrogens is 2. The lowest BCUT2D eigenvalue weighted by atomic mass is 9.94. The summed E-state index contributed by atoms with van der Waals surface area (Å²) in [5, 5.41) is 7.04. The minimum atomic E-state index is 0.0125. The minimum Gasteiger partial charge on any atom is -0.463 e. The van der Waals surface area contributed by atoms with Gasteiger partial charge in [-0.1, -0.05) is 19.3 Å². The molecular weight excluding hydrogens is 266 g/mol. The molecule has 21 heavy (non-hydrogen) atoms. The predicted molar refractivity (Wildman–Crippen MR) is 79.9 cm³/mol. The van der Waals surface area contributed by atoms with Crippen molar-refractivity contribution < 1.29 is 9.21 Å². The summed E-state index contributed by atoms with van der Waals surface area (Å²) in [5.74, 6) is 0.709. The van der Waals surface area contributed by atoms with E-state index in [0.717, 1.165) is 25.1 Å². The molecule has 5 nitrogen and oxygen atoms in total. The number of carbonyl (C=O) groups excluding carboxylic acids is 1. The van der Waals surface area contributed by atoms with Crippen LogP contribution in [0.15, 0.2) is 28.9 Å². The fraction of sp³-hybridized carbons (Fsp3) is 0.500. The van der Waals surface area contributed by atoms with Crippen LogP contribution in [0, 0.1) is 0 Å². The van der Waals surface area contributed by atoms with Crippen molar-refractivity contribution in [3.8, 4) is 11.5 Å². The maximum atomic E-state index is 12.7. The van der Waals surface area contributed by atoms with Crippen LogP contribution in [0.1, 0.15) is 49.5 Å². The summed E-state index contributed by atoms with van der Waals surface area (Å²) in [4.78, 5) is 14.6. The van der Waals surface area contributed by atoms with Gasteiger partial charge in [-0.3, -0.25) is 9.89 Å². The molecule has 1 aliphatic carbocycles. The van der Waals surface area contributed by atoms with E-state index in [9.17, 15) is 4.79 Å². The average Bonchev–Trinajstić information content (AvgIpc) is 3.20. The van der Waals surface area contributed by atoms with Crippen molar-refractivity contribution in [2.45, 2.75) is 45.1 Å². The summed E-state index contributed by atoms with van der Waals surface area (Å²) in [5.41, 5.74) is 1.21. The van der Waals surface area contributed by atoms with E-state index in [-0.39, 0.29) is 5.91 Å². The summed E-state index contributed by atoms with van der Waals surface area (Å²) in [6.45, 7) is 2.76. The number of rotatable bonds is 4. The molecular formula is C16H21N3O2. The Bertz CT molecular complexity index is 582. The fourth-order valence-electron chi connectivity index (χ4n) is 3.10. The number of aromatic amines is 1. The number of nitrogens with zero attached hydrogens (tertiary/aromatic N) is 2. The van der Waals surface area contributed by atoms with Gasteiger partial charge in [-0.25, -0.2) is 0 Å². The molecule has 0 bridgehead atoms. The quantitative estimate of drug-likeness (QED) is 0.936. The molecule has 1 aliphatic rings. The molecule has 0 aliphatic heterocycles. The molecule has 5 heteroatoms. The fourth-order valence-corrected chi connectivity index (χ4v) is 3.10. The molecule has 2 aromatic rings. The van der Waals surface area contributed by atoms with Gasteiger partial charge in [0, 0.05) is 18.7 Å². The van der Waals surface area contributed by atoms with Crippen LogP contribution in [-0.4, -0.2) is 33.6 Å². The molecule has 1 fully saturated rings. The molecule has 0 spiro atoms. The van der Waals surface area contributed by atoms with Crippen LogP contribution in [0.2, 0.25) is 0 Å². The van der Waals surface area contributed by atoms with Crippen LogP contribution in [-0.2, 0) is 0 Å². The van der Waals surface area contributed by atoms with Gasteiger partial charge in [-0.2, -0.15) is 5.10 Å². The van der Waals surface area contributed by atoms with E-state index in [1.165, 1.54) is 19.3 Å². The molecule has 1 amide bonds. The Morgan fingerprint density at radius 2 is 2.24 bits per heavy atom. The first-order valence-corrected chi connectivity index (χ1v) is 7.70. The van der Waals surface area contributed by atoms with Gasteiger partial charge in [0.2, 0.25) is 0 Å². The van der Waals surface area contributed by atoms with Crippen molar-refractivity contribution in [1.82, 2.24) is 15.1 Å². The third-order valence-electron chi connectivity index (χ3n) is 4.20. The van der Waals surface area contributed by atoms with Crippen molar-refractivity contribution in [2.24, 2.45) is 0 Å². The molecule has 2 aromatic heterocycles. The first-order chi connectivity index (χ1) is 10.3. The topological polar surface area (TPSA) is 62.1 Å². The van der Waals surface area contributed by atoms with Crippen molar-refractivity contribution in [1.29, 1.82) is 0 Å². The molecule has 112 valence electrons. The van der Waals surface area contributed by atoms with Gasteiger partial charge >= 0.3 is 0 Å². The van der Waals surface area contributed by atoms with E-state index in [1.54, 1.807) is 12.3 Å². The standard InChI is InChI=1S/C16H21N3O2/c1-2-19(12-7-4-3-5-8-12)16(20)14-11-13(17-18-14)15-9-6-10-21-15/h6,9-12H,2-5,7-8H2,1H3,(H,17,18). The smallest absolute Gasteiger partial charge is 0.274 e. The van der Waals surface area contributed by atoms with Crippen molar-refractivity contribution in [2.75, 3.05) is 6.54 Å². The summed E-state index contributed by atoms with van der Waals surface area (Å²) in [6, 6.07) is 5.80. The molecule has 0 aromatic carbocycles. The largest absolute Gasteiger partial charge is 0.463 e. The maximum absolute atomic E-state index is 12.7. The van der Waals surface area contributed by atoms with Gasteiger partial charge < -0.3 is 9.32 Å². The Balaban J connectivity index is 1.77. The number of H-pyrrole nitrogens is 1. The molecule has 0 saturated heterocycles. The van der Waals surface area contributed by atoms with Crippen LogP contribution >= 0.6 is 0 Å². The summed E-state index contributed by atoms with van der Waals surface area (Å²) in [7, 11) is 0. The number of nitrogens with one attached hydrogen (secondary N) is 1. The van der Waals surface area contributed by atoms with Crippen LogP contribution in [0.5, 0.6) is 0 Å². The number of hydrogen-bond donors (Lipinski definition) is 1. The monoisotopic (exact) mass is 287 g/mol. The Kier molecular flexibility index (Phi) is 4.08. The second kappa shape index (κ2) is 6.16. The van der Waals surface area contributed by atoms with Crippen LogP contribution in [0.25, 0.3) is 11.5 Å². The van der Waals surface area contributed by atoms with E-state index >= 15 is 0 Å². The second-order valence-corrected chi connectivity index (χ2v) is 5.53. The zero-order chi connectivity index (χ0) is 14.7. The minimum absolute atomic E-state index is 0.0125. The maximum Gasteiger partial charge on any atom is 0.274 e. The molecule has 1 N–H and O–H groups in total. The van der Waals surface area contributed by atoms with Gasteiger partial charge in [0.1, 0.15) is 5.69 Å². The van der Waals surface area contributed by atoms with Gasteiger partial charge in [-0.05, 0) is 31.9 Å². The van der Waals surface area contributed by atoms with Crippen molar-refractivity contribution >= 4 is 5.91 Å². The van der Waals surface area contributed by atoms with Gasteiger partial charge in [0.05, 0.1) is 6.26 Å². The molecule has 0 radical (unpaired) electrons. The number of carbonyl (C=O) groups is 1. The van der Waals surface area contributed by atoms with E-state index < -0.39 is 0 Å². The third-order valence-corrected chi connectivity index (χ3v) is 4.20. The Morgan fingerprint density at radius 3 is 2.90 bits per heavy atom. The van der Waals surface area contributed by atoms with E-state index in [0.29, 0.717) is 17.5 Å². The van der Waals surface area contributed by atoms with Crippen LogP contribution in [0.4, 0.5) is 0 Å². The summed E-state index contributed by atoms with van der Waals surface area (Å²) < 4.78 is 5.32. The number of furan rings is 1. The highest BCUT2D eigenvalue weighted by Crippen LogP contribution is 2.24. The Labute approximate surface area is 124 Å². The van der Waals surface area contributed by atoms with E-state index in [1.807, 2.05) is 24.0 Å². The third kappa shape index (κ3) is 2.86. The number of hydrogen-bond acceptors (Lipinski definition) is 3. The summed E-state index contributed by atoms with van der Waals surface area (Å²) in [6.07, 6.45) is 7.54. The Morgan fingerprint density at radius 1 is 1.43 bits per heavy atom. The average molecular weight is 287 g/mol. The molecule has 0 unspecified atom stereocenters. The van der Waals surface area contributed by atoms with E-state index in [2.05, 4.69) is 10.2 Å². The Hall–Kier alpha value is -2.04. The zero-order valence-corrected chi connectivity index (χ0v) is 12.3. The molecule has 2 heterocycles. The van der Waals surface area contributed by atoms with Crippen molar-refractivity contribution in [3.63, 3.8) is 0 Å². The first-order valence-electron chi connectivity index (χ1n) is 7.70. The van der Waals surface area contributed by atoms with Gasteiger partial charge in [-0.15, -0.1) is 0 Å². The SMILES string of the molecule is CCN(C(=O)c1cc(-c2ccco2)[nH]n1)C1CCCCC1. The summed E-state index contributed by atoms with van der Waals surface area (Å²) >= 11 is 0. The van der Waals surface area contributed by atoms with E-state index in [4.69, 9.17) is 4.42 Å².